The van der Waals surface area contributed by atoms with E-state index in [1.807, 2.05) is 13.8 Å². The maximum absolute atomic E-state index is 5.87. The summed E-state index contributed by atoms with van der Waals surface area (Å²) in [6.07, 6.45) is 3.67. The Morgan fingerprint density at radius 2 is 2.00 bits per heavy atom. The van der Waals surface area contributed by atoms with Crippen LogP contribution in [0.5, 0.6) is 0 Å². The highest BCUT2D eigenvalue weighted by Gasteiger charge is 2.27. The second kappa shape index (κ2) is 7.45. The van der Waals surface area contributed by atoms with Crippen LogP contribution < -0.4 is 0 Å². The molecule has 1 atom stereocenters. The number of hydrogen-bond acceptors (Lipinski definition) is 2. The molecule has 0 aromatic heterocycles. The quantitative estimate of drug-likeness (QED) is 0.537. The molecule has 0 amide bonds. The van der Waals surface area contributed by atoms with Crippen molar-refractivity contribution in [3.63, 3.8) is 0 Å². The fourth-order valence-corrected chi connectivity index (χ4v) is 2.01. The molecular formula is C15H29NO. The zero-order valence-electron chi connectivity index (χ0n) is 12.5. The molecule has 17 heavy (non-hydrogen) atoms. The molecule has 1 unspecified atom stereocenters. The summed E-state index contributed by atoms with van der Waals surface area (Å²) in [5.41, 5.74) is 2.77. The average molecular weight is 239 g/mol. The van der Waals surface area contributed by atoms with Gasteiger partial charge in [-0.05, 0) is 40.0 Å². The molecule has 0 spiro atoms. The highest BCUT2D eigenvalue weighted by molar-refractivity contribution is 4.97. The molecule has 1 fully saturated rings. The van der Waals surface area contributed by atoms with E-state index in [9.17, 15) is 0 Å². The van der Waals surface area contributed by atoms with Crippen LogP contribution in [-0.2, 0) is 4.74 Å². The predicted molar refractivity (Wildman–Crippen MR) is 74.9 cm³/mol. The first-order chi connectivity index (χ1) is 7.98. The number of rotatable bonds is 3. The lowest BCUT2D eigenvalue weighted by Gasteiger charge is -2.31. The van der Waals surface area contributed by atoms with E-state index in [1.54, 1.807) is 0 Å². The van der Waals surface area contributed by atoms with Gasteiger partial charge in [0, 0.05) is 12.6 Å². The molecule has 1 aliphatic heterocycles. The van der Waals surface area contributed by atoms with E-state index in [-0.39, 0.29) is 5.60 Å². The SMILES string of the molecule is C=C=C(OC(C)(C)C)N1CCCC1CC.CC. The summed E-state index contributed by atoms with van der Waals surface area (Å²) in [7, 11) is 0. The van der Waals surface area contributed by atoms with Gasteiger partial charge < -0.3 is 9.64 Å². The zero-order chi connectivity index (χ0) is 13.5. The molecule has 0 aromatic rings. The molecule has 0 saturated carbocycles. The van der Waals surface area contributed by atoms with Crippen LogP contribution >= 0.6 is 0 Å². The van der Waals surface area contributed by atoms with Crippen molar-refractivity contribution in [3.8, 4) is 0 Å². The second-order valence-corrected chi connectivity index (χ2v) is 5.09. The van der Waals surface area contributed by atoms with E-state index in [4.69, 9.17) is 4.74 Å². The van der Waals surface area contributed by atoms with Gasteiger partial charge in [-0.1, -0.05) is 33.1 Å². The van der Waals surface area contributed by atoms with Gasteiger partial charge in [0.1, 0.15) is 5.60 Å². The molecule has 0 N–H and O–H groups in total. The first-order valence-electron chi connectivity index (χ1n) is 6.83. The summed E-state index contributed by atoms with van der Waals surface area (Å²) in [6, 6.07) is 0.608. The third-order valence-corrected chi connectivity index (χ3v) is 2.66. The lowest BCUT2D eigenvalue weighted by atomic mass is 10.1. The Hall–Kier alpha value is -0.880. The van der Waals surface area contributed by atoms with Gasteiger partial charge in [-0.3, -0.25) is 0 Å². The van der Waals surface area contributed by atoms with Crippen molar-refractivity contribution >= 4 is 0 Å². The molecule has 0 bridgehead atoms. The van der Waals surface area contributed by atoms with E-state index in [0.717, 1.165) is 12.4 Å². The van der Waals surface area contributed by atoms with E-state index in [2.05, 4.69) is 44.9 Å². The Bertz CT molecular complexity index is 259. The van der Waals surface area contributed by atoms with Crippen LogP contribution in [0.15, 0.2) is 18.2 Å². The van der Waals surface area contributed by atoms with Crippen LogP contribution in [0.4, 0.5) is 0 Å². The van der Waals surface area contributed by atoms with Crippen LogP contribution in [-0.4, -0.2) is 23.1 Å². The van der Waals surface area contributed by atoms with Gasteiger partial charge >= 0.3 is 0 Å². The fraction of sp³-hybridized carbons (Fsp3) is 0.800. The van der Waals surface area contributed by atoms with Gasteiger partial charge in [-0.15, -0.1) is 0 Å². The molecule has 1 rings (SSSR count). The van der Waals surface area contributed by atoms with Gasteiger partial charge in [0.15, 0.2) is 0 Å². The Balaban J connectivity index is 0.00000121. The molecule has 1 heterocycles. The normalized spacial score (nSPS) is 19.2. The molecule has 1 saturated heterocycles. The minimum Gasteiger partial charge on any atom is -0.467 e. The summed E-state index contributed by atoms with van der Waals surface area (Å²) in [6.45, 7) is 17.2. The first kappa shape index (κ1) is 16.1. The fourth-order valence-electron chi connectivity index (χ4n) is 2.01. The molecule has 0 aliphatic carbocycles. The van der Waals surface area contributed by atoms with E-state index >= 15 is 0 Å². The highest BCUT2D eigenvalue weighted by atomic mass is 16.5. The lowest BCUT2D eigenvalue weighted by molar-refractivity contribution is -0.00125. The third kappa shape index (κ3) is 5.32. The molecule has 2 heteroatoms. The number of nitrogens with zero attached hydrogens (tertiary/aromatic N) is 1. The highest BCUT2D eigenvalue weighted by Crippen LogP contribution is 2.26. The molecule has 100 valence electrons. The Labute approximate surface area is 107 Å². The van der Waals surface area contributed by atoms with Crippen LogP contribution in [0.1, 0.15) is 60.8 Å². The van der Waals surface area contributed by atoms with E-state index in [0.29, 0.717) is 6.04 Å². The van der Waals surface area contributed by atoms with Gasteiger partial charge in [-0.25, -0.2) is 0 Å². The topological polar surface area (TPSA) is 12.5 Å². The van der Waals surface area contributed by atoms with Gasteiger partial charge in [0.2, 0.25) is 5.88 Å². The maximum Gasteiger partial charge on any atom is 0.236 e. The van der Waals surface area contributed by atoms with Crippen molar-refractivity contribution in [2.75, 3.05) is 6.54 Å². The van der Waals surface area contributed by atoms with Gasteiger partial charge in [0.05, 0.1) is 0 Å². The molecule has 0 aromatic carbocycles. The largest absolute Gasteiger partial charge is 0.467 e. The summed E-state index contributed by atoms with van der Waals surface area (Å²) in [4.78, 5) is 2.30. The molecule has 2 nitrogen and oxygen atoms in total. The van der Waals surface area contributed by atoms with E-state index in [1.165, 1.54) is 19.3 Å². The summed E-state index contributed by atoms with van der Waals surface area (Å²) < 4.78 is 5.87. The average Bonchev–Trinajstić information content (AvgIpc) is 2.75. The number of ether oxygens (including phenoxy) is 1. The van der Waals surface area contributed by atoms with Crippen molar-refractivity contribution < 1.29 is 4.74 Å². The minimum absolute atomic E-state index is 0.166. The predicted octanol–water partition coefficient (Wildman–Crippen LogP) is 4.33. The maximum atomic E-state index is 5.87. The summed E-state index contributed by atoms with van der Waals surface area (Å²) in [5, 5.41) is 0. The Morgan fingerprint density at radius 3 is 2.41 bits per heavy atom. The monoisotopic (exact) mass is 239 g/mol. The zero-order valence-corrected chi connectivity index (χ0v) is 12.5. The minimum atomic E-state index is -0.166. The number of hydrogen-bond donors (Lipinski definition) is 0. The van der Waals surface area contributed by atoms with Crippen molar-refractivity contribution in [1.82, 2.24) is 4.90 Å². The Kier molecular flexibility index (Phi) is 7.06. The number of likely N-dealkylation sites (tertiary alicyclic amines) is 1. The van der Waals surface area contributed by atoms with Crippen LogP contribution in [0.25, 0.3) is 0 Å². The Morgan fingerprint density at radius 1 is 1.41 bits per heavy atom. The third-order valence-electron chi connectivity index (χ3n) is 2.66. The van der Waals surface area contributed by atoms with Crippen LogP contribution in [0, 0.1) is 0 Å². The van der Waals surface area contributed by atoms with Crippen LogP contribution in [0.2, 0.25) is 0 Å². The summed E-state index contributed by atoms with van der Waals surface area (Å²) in [5.74, 6) is 0.826. The standard InChI is InChI=1S/C13H23NO.C2H6/c1-6-11-9-8-10-14(11)12(7-2)15-13(3,4)5;1-2/h11H,2,6,8-10H2,1,3-5H3;1-2H3. The van der Waals surface area contributed by atoms with Crippen molar-refractivity contribution in [2.45, 2.75) is 72.4 Å². The lowest BCUT2D eigenvalue weighted by Crippen LogP contribution is -2.33. The van der Waals surface area contributed by atoms with E-state index < -0.39 is 0 Å². The van der Waals surface area contributed by atoms with Gasteiger partial charge in [-0.2, -0.15) is 0 Å². The molecular weight excluding hydrogens is 210 g/mol. The molecule has 1 aliphatic rings. The van der Waals surface area contributed by atoms with Gasteiger partial charge in [0.25, 0.3) is 0 Å². The summed E-state index contributed by atoms with van der Waals surface area (Å²) >= 11 is 0. The molecule has 0 radical (unpaired) electrons. The van der Waals surface area contributed by atoms with Crippen molar-refractivity contribution in [3.05, 3.63) is 18.2 Å². The smallest absolute Gasteiger partial charge is 0.236 e. The van der Waals surface area contributed by atoms with Crippen molar-refractivity contribution in [2.24, 2.45) is 0 Å². The first-order valence-corrected chi connectivity index (χ1v) is 6.83. The second-order valence-electron chi connectivity index (χ2n) is 5.09. The van der Waals surface area contributed by atoms with Crippen LogP contribution in [0.3, 0.4) is 0 Å². The van der Waals surface area contributed by atoms with Crippen molar-refractivity contribution in [1.29, 1.82) is 0 Å².